The summed E-state index contributed by atoms with van der Waals surface area (Å²) in [4.78, 5) is 25.0. The summed E-state index contributed by atoms with van der Waals surface area (Å²) in [5, 5.41) is 9.12. The lowest BCUT2D eigenvalue weighted by Gasteiger charge is -2.34. The average Bonchev–Trinajstić information content (AvgIpc) is 3.12. The number of fused-ring (bicyclic) bond motifs is 1. The molecule has 0 unspecified atom stereocenters. The topological polar surface area (TPSA) is 79.5 Å². The van der Waals surface area contributed by atoms with Gasteiger partial charge >= 0.3 is 0 Å². The van der Waals surface area contributed by atoms with E-state index in [1.165, 1.54) is 0 Å². The minimum absolute atomic E-state index is 0.181. The molecule has 0 N–H and O–H groups in total. The van der Waals surface area contributed by atoms with Gasteiger partial charge in [0.2, 0.25) is 11.9 Å². The second-order valence-electron chi connectivity index (χ2n) is 5.93. The van der Waals surface area contributed by atoms with Crippen molar-refractivity contribution >= 4 is 29.3 Å². The van der Waals surface area contributed by atoms with Gasteiger partial charge in [0.15, 0.2) is 10.8 Å². The van der Waals surface area contributed by atoms with Crippen LogP contribution >= 0.6 is 11.8 Å². The third-order valence-electron chi connectivity index (χ3n) is 4.30. The lowest BCUT2D eigenvalue weighted by molar-refractivity contribution is -0.131. The quantitative estimate of drug-likeness (QED) is 0.628. The number of amides is 1. The normalized spacial score (nSPS) is 14.8. The summed E-state index contributed by atoms with van der Waals surface area (Å²) in [5.74, 6) is 1.60. The maximum Gasteiger partial charge on any atom is 0.225 e. The zero-order valence-electron chi connectivity index (χ0n) is 14.2. The SMILES string of the molecule is O=C(CCSc1nnc2ccccn12)N1CCN(c2ncccn2)CC1. The fourth-order valence-corrected chi connectivity index (χ4v) is 3.77. The minimum Gasteiger partial charge on any atom is -0.339 e. The highest BCUT2D eigenvalue weighted by molar-refractivity contribution is 7.99. The van der Waals surface area contributed by atoms with E-state index in [0.717, 1.165) is 29.8 Å². The summed E-state index contributed by atoms with van der Waals surface area (Å²) in [5.41, 5.74) is 0.820. The highest BCUT2D eigenvalue weighted by atomic mass is 32.2. The molecule has 4 heterocycles. The van der Waals surface area contributed by atoms with E-state index in [4.69, 9.17) is 0 Å². The maximum atomic E-state index is 12.5. The van der Waals surface area contributed by atoms with Crippen LogP contribution in [-0.4, -0.2) is 67.3 Å². The molecule has 0 atom stereocenters. The van der Waals surface area contributed by atoms with Crippen molar-refractivity contribution in [1.29, 1.82) is 0 Å². The summed E-state index contributed by atoms with van der Waals surface area (Å²) in [7, 11) is 0. The van der Waals surface area contributed by atoms with Gasteiger partial charge < -0.3 is 9.80 Å². The molecule has 0 radical (unpaired) electrons. The van der Waals surface area contributed by atoms with Crippen molar-refractivity contribution in [2.45, 2.75) is 11.6 Å². The highest BCUT2D eigenvalue weighted by Crippen LogP contribution is 2.18. The van der Waals surface area contributed by atoms with Gasteiger partial charge in [-0.1, -0.05) is 17.8 Å². The van der Waals surface area contributed by atoms with E-state index in [0.29, 0.717) is 25.3 Å². The molecule has 0 aromatic carbocycles. The van der Waals surface area contributed by atoms with Crippen LogP contribution in [0.15, 0.2) is 48.0 Å². The first-order valence-electron chi connectivity index (χ1n) is 8.53. The molecule has 9 heteroatoms. The van der Waals surface area contributed by atoms with Crippen molar-refractivity contribution in [2.75, 3.05) is 36.8 Å². The Hall–Kier alpha value is -2.68. The molecule has 0 saturated carbocycles. The zero-order chi connectivity index (χ0) is 17.8. The molecule has 4 rings (SSSR count). The Morgan fingerprint density at radius 3 is 2.65 bits per heavy atom. The first kappa shape index (κ1) is 16.8. The number of anilines is 1. The van der Waals surface area contributed by atoms with Gasteiger partial charge in [0, 0.05) is 56.9 Å². The molecule has 0 aliphatic carbocycles. The summed E-state index contributed by atoms with van der Waals surface area (Å²) in [6.07, 6.45) is 5.91. The lowest BCUT2D eigenvalue weighted by Crippen LogP contribution is -2.49. The van der Waals surface area contributed by atoms with Crippen LogP contribution in [0.3, 0.4) is 0 Å². The van der Waals surface area contributed by atoms with E-state index in [-0.39, 0.29) is 5.91 Å². The van der Waals surface area contributed by atoms with Crippen LogP contribution in [0.1, 0.15) is 6.42 Å². The standard InChI is InChI=1S/C17H19N7OS/c25-15(5-13-26-17-21-20-14-4-1-2-8-24(14)17)22-9-11-23(12-10-22)16-18-6-3-7-19-16/h1-4,6-8H,5,9-13H2. The Morgan fingerprint density at radius 1 is 1.04 bits per heavy atom. The summed E-state index contributed by atoms with van der Waals surface area (Å²) in [6, 6.07) is 7.60. The van der Waals surface area contributed by atoms with Gasteiger partial charge in [0.05, 0.1) is 0 Å². The summed E-state index contributed by atoms with van der Waals surface area (Å²) >= 11 is 1.56. The Bertz CT molecular complexity index is 877. The van der Waals surface area contributed by atoms with Gasteiger partial charge in [-0.25, -0.2) is 9.97 Å². The molecule has 1 amide bonds. The Labute approximate surface area is 155 Å². The first-order valence-corrected chi connectivity index (χ1v) is 9.52. The number of carbonyl (C=O) groups is 1. The molecule has 1 aliphatic heterocycles. The molecule has 3 aromatic heterocycles. The smallest absolute Gasteiger partial charge is 0.225 e. The van der Waals surface area contributed by atoms with E-state index >= 15 is 0 Å². The molecular weight excluding hydrogens is 350 g/mol. The molecule has 26 heavy (non-hydrogen) atoms. The van der Waals surface area contributed by atoms with Crippen molar-refractivity contribution in [3.63, 3.8) is 0 Å². The second kappa shape index (κ2) is 7.69. The molecule has 1 fully saturated rings. The largest absolute Gasteiger partial charge is 0.339 e. The van der Waals surface area contributed by atoms with E-state index < -0.39 is 0 Å². The first-order chi connectivity index (χ1) is 12.8. The minimum atomic E-state index is 0.181. The number of hydrogen-bond donors (Lipinski definition) is 0. The van der Waals surface area contributed by atoms with Crippen LogP contribution in [0.2, 0.25) is 0 Å². The zero-order valence-corrected chi connectivity index (χ0v) is 15.0. The molecule has 1 saturated heterocycles. The lowest BCUT2D eigenvalue weighted by atomic mass is 10.3. The molecule has 0 spiro atoms. The van der Waals surface area contributed by atoms with Crippen LogP contribution in [0.5, 0.6) is 0 Å². The molecule has 1 aliphatic rings. The van der Waals surface area contributed by atoms with Crippen LogP contribution in [0, 0.1) is 0 Å². The monoisotopic (exact) mass is 369 g/mol. The van der Waals surface area contributed by atoms with E-state index in [9.17, 15) is 4.79 Å². The predicted molar refractivity (Wildman–Crippen MR) is 99.2 cm³/mol. The Kier molecular flexibility index (Phi) is 4.96. The second-order valence-corrected chi connectivity index (χ2v) is 6.99. The number of carbonyl (C=O) groups excluding carboxylic acids is 1. The van der Waals surface area contributed by atoms with E-state index in [1.807, 2.05) is 33.7 Å². The van der Waals surface area contributed by atoms with Crippen molar-refractivity contribution in [3.8, 4) is 0 Å². The van der Waals surface area contributed by atoms with E-state index in [2.05, 4.69) is 25.1 Å². The van der Waals surface area contributed by atoms with Crippen molar-refractivity contribution in [2.24, 2.45) is 0 Å². The van der Waals surface area contributed by atoms with Crippen molar-refractivity contribution in [3.05, 3.63) is 42.9 Å². The van der Waals surface area contributed by atoms with Crippen LogP contribution in [0.4, 0.5) is 5.95 Å². The summed E-state index contributed by atoms with van der Waals surface area (Å²) < 4.78 is 1.94. The number of rotatable bonds is 5. The number of nitrogens with zero attached hydrogens (tertiary/aromatic N) is 7. The maximum absolute atomic E-state index is 12.5. The predicted octanol–water partition coefficient (Wildman–Crippen LogP) is 1.35. The number of aromatic nitrogens is 5. The van der Waals surface area contributed by atoms with Gasteiger partial charge in [0.25, 0.3) is 0 Å². The van der Waals surface area contributed by atoms with Crippen molar-refractivity contribution < 1.29 is 4.79 Å². The molecule has 0 bridgehead atoms. The molecule has 134 valence electrons. The Balaban J connectivity index is 1.26. The van der Waals surface area contributed by atoms with Crippen molar-refractivity contribution in [1.82, 2.24) is 29.5 Å². The number of hydrogen-bond acceptors (Lipinski definition) is 7. The number of piperazine rings is 1. The third-order valence-corrected chi connectivity index (χ3v) is 5.24. The fourth-order valence-electron chi connectivity index (χ4n) is 2.92. The number of pyridine rings is 1. The molecule has 8 nitrogen and oxygen atoms in total. The van der Waals surface area contributed by atoms with Crippen LogP contribution in [0.25, 0.3) is 5.65 Å². The van der Waals surface area contributed by atoms with Crippen LogP contribution in [-0.2, 0) is 4.79 Å². The average molecular weight is 369 g/mol. The molecular formula is C17H19N7OS. The Morgan fingerprint density at radius 2 is 1.85 bits per heavy atom. The summed E-state index contributed by atoms with van der Waals surface area (Å²) in [6.45, 7) is 2.93. The third kappa shape index (κ3) is 3.62. The van der Waals surface area contributed by atoms with Gasteiger partial charge in [-0.2, -0.15) is 0 Å². The van der Waals surface area contributed by atoms with E-state index in [1.54, 1.807) is 30.2 Å². The van der Waals surface area contributed by atoms with Gasteiger partial charge in [-0.05, 0) is 18.2 Å². The van der Waals surface area contributed by atoms with Gasteiger partial charge in [0.1, 0.15) is 0 Å². The molecule has 3 aromatic rings. The van der Waals surface area contributed by atoms with Gasteiger partial charge in [-0.15, -0.1) is 10.2 Å². The van der Waals surface area contributed by atoms with Gasteiger partial charge in [-0.3, -0.25) is 9.20 Å². The number of thioether (sulfide) groups is 1. The highest BCUT2D eigenvalue weighted by Gasteiger charge is 2.22. The van der Waals surface area contributed by atoms with Crippen LogP contribution < -0.4 is 4.90 Å². The fraction of sp³-hybridized carbons (Fsp3) is 0.353.